The number of nitrogens with two attached hydrogens (primary N) is 1. The predicted molar refractivity (Wildman–Crippen MR) is 93.7 cm³/mol. The Labute approximate surface area is 147 Å². The molecule has 0 saturated carbocycles. The number of pyridine rings is 1. The van der Waals surface area contributed by atoms with E-state index in [-0.39, 0.29) is 10.7 Å². The molecule has 0 amide bonds. The fraction of sp³-hybridized carbons (Fsp3) is 0.0833. The molecule has 0 fully saturated rings. The average Bonchev–Trinajstić information content (AvgIpc) is 2.31. The fourth-order valence-electron chi connectivity index (χ4n) is 1.62. The maximum Gasteiger partial charge on any atom is 0.265 e. The highest BCUT2D eigenvalue weighted by atomic mass is 79.9. The molecule has 112 valence electrons. The Hall–Kier alpha value is -0.640. The maximum absolute atomic E-state index is 12.5. The zero-order chi connectivity index (χ0) is 15.8. The molecule has 1 aromatic carbocycles. The van der Waals surface area contributed by atoms with E-state index in [1.54, 1.807) is 12.3 Å². The third-order valence-corrected chi connectivity index (χ3v) is 6.64. The van der Waals surface area contributed by atoms with Crippen LogP contribution in [-0.4, -0.2) is 13.4 Å². The standard InChI is InChI=1S/C12H10Br3N3O2S/c1-6-2-11(17-5-10(6)15)18-21(19,20)12-8(13)3-7(16)4-9(12)14/h2-5H,16H2,1H3,(H,17,18). The van der Waals surface area contributed by atoms with Gasteiger partial charge in [-0.05, 0) is 78.5 Å². The Kier molecular flexibility index (Phi) is 4.96. The Morgan fingerprint density at radius 3 is 2.19 bits per heavy atom. The number of rotatable bonds is 3. The number of anilines is 2. The average molecular weight is 500 g/mol. The van der Waals surface area contributed by atoms with Gasteiger partial charge in [0.2, 0.25) is 0 Å². The summed E-state index contributed by atoms with van der Waals surface area (Å²) in [6, 6.07) is 4.69. The van der Waals surface area contributed by atoms with Gasteiger partial charge < -0.3 is 5.73 Å². The molecule has 0 radical (unpaired) electrons. The Balaban J connectivity index is 2.46. The highest BCUT2D eigenvalue weighted by molar-refractivity contribution is 9.11. The summed E-state index contributed by atoms with van der Waals surface area (Å²) in [6.45, 7) is 1.85. The summed E-state index contributed by atoms with van der Waals surface area (Å²) in [5, 5.41) is 0. The number of nitrogens with zero attached hydrogens (tertiary/aromatic N) is 1. The summed E-state index contributed by atoms with van der Waals surface area (Å²) in [5.74, 6) is 0.242. The first-order chi connectivity index (χ1) is 9.70. The van der Waals surface area contributed by atoms with E-state index >= 15 is 0 Å². The molecule has 5 nitrogen and oxygen atoms in total. The zero-order valence-electron chi connectivity index (χ0n) is 10.7. The van der Waals surface area contributed by atoms with Crippen molar-refractivity contribution in [3.63, 3.8) is 0 Å². The molecule has 3 N–H and O–H groups in total. The molecule has 0 saturated heterocycles. The molecule has 0 aliphatic heterocycles. The van der Waals surface area contributed by atoms with Gasteiger partial charge in [-0.1, -0.05) is 0 Å². The third-order valence-electron chi connectivity index (χ3n) is 2.58. The molecular weight excluding hydrogens is 490 g/mol. The normalized spacial score (nSPS) is 11.4. The number of aromatic nitrogens is 1. The van der Waals surface area contributed by atoms with Crippen LogP contribution in [0.15, 0.2) is 42.7 Å². The van der Waals surface area contributed by atoms with Gasteiger partial charge in [0, 0.05) is 25.3 Å². The van der Waals surface area contributed by atoms with Crippen LogP contribution in [0.1, 0.15) is 5.56 Å². The van der Waals surface area contributed by atoms with E-state index in [4.69, 9.17) is 5.73 Å². The number of aryl methyl sites for hydroxylation is 1. The van der Waals surface area contributed by atoms with E-state index in [9.17, 15) is 8.42 Å². The van der Waals surface area contributed by atoms with Crippen molar-refractivity contribution in [1.29, 1.82) is 0 Å². The van der Waals surface area contributed by atoms with E-state index in [0.29, 0.717) is 14.6 Å². The number of sulfonamides is 1. The first kappa shape index (κ1) is 16.7. The first-order valence-electron chi connectivity index (χ1n) is 5.60. The van der Waals surface area contributed by atoms with Crippen LogP contribution in [0.2, 0.25) is 0 Å². The summed E-state index contributed by atoms with van der Waals surface area (Å²) < 4.78 is 29.0. The minimum atomic E-state index is -3.80. The summed E-state index contributed by atoms with van der Waals surface area (Å²) in [5.41, 5.74) is 6.99. The number of nitrogens with one attached hydrogen (secondary N) is 1. The predicted octanol–water partition coefficient (Wildman–Crippen LogP) is 4.06. The number of nitrogen functional groups attached to an aromatic ring is 1. The van der Waals surface area contributed by atoms with Crippen molar-refractivity contribution in [3.8, 4) is 0 Å². The van der Waals surface area contributed by atoms with Gasteiger partial charge in [-0.3, -0.25) is 4.72 Å². The van der Waals surface area contributed by atoms with E-state index in [1.165, 1.54) is 12.1 Å². The lowest BCUT2D eigenvalue weighted by Gasteiger charge is -2.12. The minimum absolute atomic E-state index is 0.0686. The Morgan fingerprint density at radius 1 is 1.10 bits per heavy atom. The molecule has 0 bridgehead atoms. The van der Waals surface area contributed by atoms with Crippen LogP contribution in [-0.2, 0) is 10.0 Å². The number of hydrogen-bond donors (Lipinski definition) is 2. The molecule has 0 unspecified atom stereocenters. The van der Waals surface area contributed by atoms with Crippen molar-refractivity contribution < 1.29 is 8.42 Å². The van der Waals surface area contributed by atoms with Gasteiger partial charge in [-0.2, -0.15) is 0 Å². The van der Waals surface area contributed by atoms with Gasteiger partial charge in [0.05, 0.1) is 0 Å². The van der Waals surface area contributed by atoms with Crippen molar-refractivity contribution in [1.82, 2.24) is 4.98 Å². The van der Waals surface area contributed by atoms with Crippen molar-refractivity contribution in [2.45, 2.75) is 11.8 Å². The van der Waals surface area contributed by atoms with Crippen molar-refractivity contribution in [2.75, 3.05) is 10.5 Å². The molecule has 0 spiro atoms. The van der Waals surface area contributed by atoms with Gasteiger partial charge in [0.1, 0.15) is 10.7 Å². The SMILES string of the molecule is Cc1cc(NS(=O)(=O)c2c(Br)cc(N)cc2Br)ncc1Br. The second-order valence-corrected chi connectivity index (χ2v) is 8.42. The van der Waals surface area contributed by atoms with Crippen LogP contribution >= 0.6 is 47.8 Å². The van der Waals surface area contributed by atoms with Crippen LogP contribution in [0.3, 0.4) is 0 Å². The van der Waals surface area contributed by atoms with Gasteiger partial charge in [0.15, 0.2) is 0 Å². The molecule has 0 aliphatic rings. The first-order valence-corrected chi connectivity index (χ1v) is 9.46. The second-order valence-electron chi connectivity index (χ2n) is 4.24. The third kappa shape index (κ3) is 3.77. The monoisotopic (exact) mass is 497 g/mol. The number of benzene rings is 1. The fourth-order valence-corrected chi connectivity index (χ4v) is 5.46. The van der Waals surface area contributed by atoms with Gasteiger partial charge in [-0.25, -0.2) is 13.4 Å². The van der Waals surface area contributed by atoms with E-state index in [0.717, 1.165) is 10.0 Å². The highest BCUT2D eigenvalue weighted by Gasteiger charge is 2.22. The zero-order valence-corrected chi connectivity index (χ0v) is 16.3. The Morgan fingerprint density at radius 2 is 1.67 bits per heavy atom. The molecular formula is C12H10Br3N3O2S. The lowest BCUT2D eigenvalue weighted by Crippen LogP contribution is -2.15. The quantitative estimate of drug-likeness (QED) is 0.624. The van der Waals surface area contributed by atoms with Crippen molar-refractivity contribution in [2.24, 2.45) is 0 Å². The molecule has 9 heteroatoms. The summed E-state index contributed by atoms with van der Waals surface area (Å²) in [7, 11) is -3.80. The topological polar surface area (TPSA) is 85.1 Å². The number of halogens is 3. The lowest BCUT2D eigenvalue weighted by atomic mass is 10.3. The van der Waals surface area contributed by atoms with Crippen LogP contribution in [0.4, 0.5) is 11.5 Å². The molecule has 1 heterocycles. The number of hydrogen-bond acceptors (Lipinski definition) is 4. The minimum Gasteiger partial charge on any atom is -0.399 e. The molecule has 0 atom stereocenters. The van der Waals surface area contributed by atoms with E-state index < -0.39 is 10.0 Å². The molecule has 2 rings (SSSR count). The van der Waals surface area contributed by atoms with Gasteiger partial charge in [-0.15, -0.1) is 0 Å². The Bertz CT molecular complexity index is 786. The summed E-state index contributed by atoms with van der Waals surface area (Å²) >= 11 is 9.75. The largest absolute Gasteiger partial charge is 0.399 e. The second kappa shape index (κ2) is 6.23. The smallest absolute Gasteiger partial charge is 0.265 e. The van der Waals surface area contributed by atoms with E-state index in [1.807, 2.05) is 6.92 Å². The van der Waals surface area contributed by atoms with Gasteiger partial charge in [0.25, 0.3) is 10.0 Å². The highest BCUT2D eigenvalue weighted by Crippen LogP contribution is 2.33. The van der Waals surface area contributed by atoms with Crippen LogP contribution in [0, 0.1) is 6.92 Å². The molecule has 2 aromatic rings. The molecule has 1 aromatic heterocycles. The van der Waals surface area contributed by atoms with E-state index in [2.05, 4.69) is 57.5 Å². The van der Waals surface area contributed by atoms with Crippen LogP contribution in [0.5, 0.6) is 0 Å². The summed E-state index contributed by atoms with van der Waals surface area (Å²) in [4.78, 5) is 4.10. The van der Waals surface area contributed by atoms with Gasteiger partial charge >= 0.3 is 0 Å². The maximum atomic E-state index is 12.5. The summed E-state index contributed by atoms with van der Waals surface area (Å²) in [6.07, 6.45) is 1.54. The van der Waals surface area contributed by atoms with Crippen molar-refractivity contribution >= 4 is 69.3 Å². The van der Waals surface area contributed by atoms with Crippen LogP contribution in [0.25, 0.3) is 0 Å². The van der Waals surface area contributed by atoms with Crippen molar-refractivity contribution in [3.05, 3.63) is 43.4 Å². The molecule has 21 heavy (non-hydrogen) atoms. The van der Waals surface area contributed by atoms with Crippen LogP contribution < -0.4 is 10.5 Å². The molecule has 0 aliphatic carbocycles. The lowest BCUT2D eigenvalue weighted by molar-refractivity contribution is 0.600.